The van der Waals surface area contributed by atoms with Gasteiger partial charge in [0.25, 0.3) is 0 Å². The molecule has 1 aliphatic rings. The predicted octanol–water partition coefficient (Wildman–Crippen LogP) is 1.63. The summed E-state index contributed by atoms with van der Waals surface area (Å²) in [5.41, 5.74) is 0. The Morgan fingerprint density at radius 2 is 2.19 bits per heavy atom. The lowest BCUT2D eigenvalue weighted by atomic mass is 10.1. The van der Waals surface area contributed by atoms with Gasteiger partial charge in [-0.15, -0.1) is 0 Å². The summed E-state index contributed by atoms with van der Waals surface area (Å²) >= 11 is 0. The second-order valence-corrected chi connectivity index (χ2v) is 5.34. The number of carbonyl (C=O) groups is 1. The van der Waals surface area contributed by atoms with E-state index in [0.29, 0.717) is 5.78 Å². The Bertz CT molecular complexity index is 218. The molecule has 0 N–H and O–H groups in total. The van der Waals surface area contributed by atoms with Crippen LogP contribution in [0.3, 0.4) is 0 Å². The second-order valence-electron chi connectivity index (χ2n) is 5.34. The summed E-state index contributed by atoms with van der Waals surface area (Å²) < 4.78 is 0. The zero-order valence-electron chi connectivity index (χ0n) is 11.0. The molecule has 0 aliphatic carbocycles. The van der Waals surface area contributed by atoms with Gasteiger partial charge in [-0.25, -0.2) is 0 Å². The van der Waals surface area contributed by atoms with Gasteiger partial charge in [-0.3, -0.25) is 0 Å². The molecule has 1 rings (SSSR count). The first-order chi connectivity index (χ1) is 7.58. The first-order valence-corrected chi connectivity index (χ1v) is 6.44. The van der Waals surface area contributed by atoms with Crippen molar-refractivity contribution in [3.05, 3.63) is 0 Å². The van der Waals surface area contributed by atoms with E-state index in [4.69, 9.17) is 0 Å². The van der Waals surface area contributed by atoms with Gasteiger partial charge >= 0.3 is 0 Å². The van der Waals surface area contributed by atoms with Crippen molar-refractivity contribution in [2.75, 3.05) is 40.3 Å². The molecule has 0 amide bonds. The third-order valence-electron chi connectivity index (χ3n) is 3.38. The maximum Gasteiger partial charge on any atom is 0.129 e. The van der Waals surface area contributed by atoms with Crippen molar-refractivity contribution < 1.29 is 4.79 Å². The Labute approximate surface area is 99.8 Å². The molecule has 1 saturated heterocycles. The maximum atomic E-state index is 10.8. The summed E-state index contributed by atoms with van der Waals surface area (Å²) in [6.45, 7) is 6.52. The zero-order valence-corrected chi connectivity index (χ0v) is 11.0. The van der Waals surface area contributed by atoms with E-state index >= 15 is 0 Å². The van der Waals surface area contributed by atoms with Crippen LogP contribution in [0.25, 0.3) is 0 Å². The highest BCUT2D eigenvalue weighted by Gasteiger charge is 2.20. The van der Waals surface area contributed by atoms with Crippen LogP contribution in [0.4, 0.5) is 0 Å². The van der Waals surface area contributed by atoms with Crippen LogP contribution in [0, 0.1) is 5.92 Å². The van der Waals surface area contributed by atoms with Crippen LogP contribution >= 0.6 is 0 Å². The minimum atomic E-state index is 0.320. The molecular weight excluding hydrogens is 200 g/mol. The third kappa shape index (κ3) is 5.61. The maximum absolute atomic E-state index is 10.8. The number of nitrogens with zero attached hydrogens (tertiary/aromatic N) is 2. The van der Waals surface area contributed by atoms with E-state index in [1.165, 1.54) is 26.1 Å². The van der Waals surface area contributed by atoms with Gasteiger partial charge in [0.2, 0.25) is 0 Å². The van der Waals surface area contributed by atoms with Crippen LogP contribution in [-0.2, 0) is 4.79 Å². The molecule has 16 heavy (non-hydrogen) atoms. The number of unbranched alkanes of at least 4 members (excludes halogenated alkanes) is 1. The number of carbonyl (C=O) groups excluding carboxylic acids is 1. The molecule has 0 radical (unpaired) electrons. The normalized spacial score (nSPS) is 21.9. The molecule has 0 aromatic rings. The van der Waals surface area contributed by atoms with E-state index in [9.17, 15) is 4.79 Å². The van der Waals surface area contributed by atoms with Crippen molar-refractivity contribution in [3.63, 3.8) is 0 Å². The van der Waals surface area contributed by atoms with Gasteiger partial charge < -0.3 is 14.6 Å². The molecule has 1 fully saturated rings. The number of Topliss-reactive ketones (excluding diaryl/α,β-unsaturated/α-hetero) is 1. The van der Waals surface area contributed by atoms with Crippen molar-refractivity contribution in [1.82, 2.24) is 9.80 Å². The molecule has 94 valence electrons. The van der Waals surface area contributed by atoms with Crippen LogP contribution in [-0.4, -0.2) is 55.9 Å². The van der Waals surface area contributed by atoms with Gasteiger partial charge in [-0.2, -0.15) is 0 Å². The third-order valence-corrected chi connectivity index (χ3v) is 3.38. The molecule has 0 saturated carbocycles. The monoisotopic (exact) mass is 226 g/mol. The standard InChI is InChI=1S/C13H26N2O/c1-12(16)6-4-5-8-14(2)10-13-7-9-15(3)11-13/h13H,4-11H2,1-3H3. The lowest BCUT2D eigenvalue weighted by Crippen LogP contribution is -2.28. The van der Waals surface area contributed by atoms with Gasteiger partial charge in [0, 0.05) is 19.5 Å². The minimum absolute atomic E-state index is 0.320. The van der Waals surface area contributed by atoms with Gasteiger partial charge in [0.15, 0.2) is 0 Å². The molecule has 0 spiro atoms. The molecule has 1 atom stereocenters. The topological polar surface area (TPSA) is 23.6 Å². The van der Waals surface area contributed by atoms with Crippen molar-refractivity contribution in [1.29, 1.82) is 0 Å². The highest BCUT2D eigenvalue weighted by Crippen LogP contribution is 2.15. The number of likely N-dealkylation sites (tertiary alicyclic amines) is 1. The molecule has 1 unspecified atom stereocenters. The summed E-state index contributed by atoms with van der Waals surface area (Å²) in [4.78, 5) is 15.6. The van der Waals surface area contributed by atoms with Crippen molar-refractivity contribution >= 4 is 5.78 Å². The van der Waals surface area contributed by atoms with E-state index in [-0.39, 0.29) is 0 Å². The van der Waals surface area contributed by atoms with Crippen LogP contribution < -0.4 is 0 Å². The van der Waals surface area contributed by atoms with E-state index in [1.807, 2.05) is 0 Å². The first-order valence-electron chi connectivity index (χ1n) is 6.44. The first kappa shape index (κ1) is 13.7. The van der Waals surface area contributed by atoms with E-state index in [2.05, 4.69) is 23.9 Å². The molecule has 0 bridgehead atoms. The fourth-order valence-electron chi connectivity index (χ4n) is 2.46. The molecule has 3 nitrogen and oxygen atoms in total. The zero-order chi connectivity index (χ0) is 12.0. The lowest BCUT2D eigenvalue weighted by Gasteiger charge is -2.20. The fraction of sp³-hybridized carbons (Fsp3) is 0.923. The summed E-state index contributed by atoms with van der Waals surface area (Å²) in [5, 5.41) is 0. The van der Waals surface area contributed by atoms with Crippen molar-refractivity contribution in [2.45, 2.75) is 32.6 Å². The Kier molecular flexibility index (Phi) is 5.99. The summed E-state index contributed by atoms with van der Waals surface area (Å²) in [6, 6.07) is 0. The van der Waals surface area contributed by atoms with Crippen LogP contribution in [0.2, 0.25) is 0 Å². The van der Waals surface area contributed by atoms with Crippen molar-refractivity contribution in [2.24, 2.45) is 5.92 Å². The number of hydrogen-bond acceptors (Lipinski definition) is 3. The van der Waals surface area contributed by atoms with Crippen molar-refractivity contribution in [3.8, 4) is 0 Å². The van der Waals surface area contributed by atoms with Crippen LogP contribution in [0.1, 0.15) is 32.6 Å². The van der Waals surface area contributed by atoms with Gasteiger partial charge in [-0.1, -0.05) is 0 Å². The smallest absolute Gasteiger partial charge is 0.129 e. The van der Waals surface area contributed by atoms with Gasteiger partial charge in [0.05, 0.1) is 0 Å². The number of ketones is 1. The number of hydrogen-bond donors (Lipinski definition) is 0. The Hall–Kier alpha value is -0.410. The molecular formula is C13H26N2O. The van der Waals surface area contributed by atoms with Crippen LogP contribution in [0.5, 0.6) is 0 Å². The van der Waals surface area contributed by atoms with Crippen LogP contribution in [0.15, 0.2) is 0 Å². The lowest BCUT2D eigenvalue weighted by molar-refractivity contribution is -0.117. The average molecular weight is 226 g/mol. The van der Waals surface area contributed by atoms with Gasteiger partial charge in [0.1, 0.15) is 5.78 Å². The number of rotatable bonds is 7. The fourth-order valence-corrected chi connectivity index (χ4v) is 2.46. The highest BCUT2D eigenvalue weighted by atomic mass is 16.1. The Balaban J connectivity index is 2.02. The Morgan fingerprint density at radius 1 is 1.44 bits per heavy atom. The second kappa shape index (κ2) is 7.02. The molecule has 0 aromatic heterocycles. The average Bonchev–Trinajstić information content (AvgIpc) is 2.58. The predicted molar refractivity (Wildman–Crippen MR) is 67.6 cm³/mol. The van der Waals surface area contributed by atoms with E-state index in [0.717, 1.165) is 31.7 Å². The molecule has 1 aliphatic heterocycles. The quantitative estimate of drug-likeness (QED) is 0.616. The molecule has 0 aromatic carbocycles. The summed E-state index contributed by atoms with van der Waals surface area (Å²) in [6.07, 6.45) is 4.29. The summed E-state index contributed by atoms with van der Waals surface area (Å²) in [5.74, 6) is 1.17. The van der Waals surface area contributed by atoms with E-state index < -0.39 is 0 Å². The van der Waals surface area contributed by atoms with Gasteiger partial charge in [-0.05, 0) is 59.3 Å². The highest BCUT2D eigenvalue weighted by molar-refractivity contribution is 5.75. The Morgan fingerprint density at radius 3 is 2.75 bits per heavy atom. The minimum Gasteiger partial charge on any atom is -0.306 e. The van der Waals surface area contributed by atoms with E-state index in [1.54, 1.807) is 6.92 Å². The SMILES string of the molecule is CC(=O)CCCCN(C)CC1CCN(C)C1. The molecule has 3 heteroatoms. The largest absolute Gasteiger partial charge is 0.306 e. The summed E-state index contributed by atoms with van der Waals surface area (Å²) in [7, 11) is 4.40. The molecule has 1 heterocycles.